The Labute approximate surface area is 182 Å². The van der Waals surface area contributed by atoms with Gasteiger partial charge in [-0.3, -0.25) is 14.5 Å². The second-order valence-electron chi connectivity index (χ2n) is 7.61. The lowest BCUT2D eigenvalue weighted by molar-refractivity contribution is -0.141. The van der Waals surface area contributed by atoms with Crippen molar-refractivity contribution in [2.24, 2.45) is 7.05 Å². The molecule has 3 aromatic rings. The van der Waals surface area contributed by atoms with Gasteiger partial charge in [0.05, 0.1) is 5.69 Å². The molecule has 0 aromatic carbocycles. The molecule has 168 valence electrons. The van der Waals surface area contributed by atoms with Gasteiger partial charge in [0, 0.05) is 63.2 Å². The number of halogens is 3. The second-order valence-corrected chi connectivity index (χ2v) is 7.61. The Bertz CT molecular complexity index is 1110. The lowest BCUT2D eigenvalue weighted by atomic mass is 9.94. The SMILES string of the molecule is CNc1cc(C2CCCN(C(=O)c3cc(C(F)(F)F)nn3C)C2)nc(-c2ccncc2)n1. The summed E-state index contributed by atoms with van der Waals surface area (Å²) in [7, 11) is 3.11. The quantitative estimate of drug-likeness (QED) is 0.663. The number of amides is 1. The number of piperidine rings is 1. The smallest absolute Gasteiger partial charge is 0.373 e. The lowest BCUT2D eigenvalue weighted by Gasteiger charge is -2.32. The third-order valence-corrected chi connectivity index (χ3v) is 5.46. The molecular formula is C21H22F3N7O. The number of likely N-dealkylation sites (tertiary alicyclic amines) is 1. The van der Waals surface area contributed by atoms with Crippen molar-refractivity contribution in [3.63, 3.8) is 0 Å². The number of aryl methyl sites for hydroxylation is 1. The number of hydrogen-bond acceptors (Lipinski definition) is 6. The average molecular weight is 445 g/mol. The van der Waals surface area contributed by atoms with Crippen LogP contribution in [0.3, 0.4) is 0 Å². The zero-order valence-corrected chi connectivity index (χ0v) is 17.6. The summed E-state index contributed by atoms with van der Waals surface area (Å²) in [6.07, 6.45) is 0.237. The van der Waals surface area contributed by atoms with Gasteiger partial charge in [-0.1, -0.05) is 0 Å². The van der Waals surface area contributed by atoms with Crippen molar-refractivity contribution < 1.29 is 18.0 Å². The highest BCUT2D eigenvalue weighted by Gasteiger charge is 2.36. The first-order chi connectivity index (χ1) is 15.3. The van der Waals surface area contributed by atoms with E-state index in [1.807, 2.05) is 18.2 Å². The van der Waals surface area contributed by atoms with E-state index in [-0.39, 0.29) is 11.6 Å². The van der Waals surface area contributed by atoms with Crippen LogP contribution in [-0.4, -0.2) is 55.7 Å². The molecule has 4 rings (SSSR count). The molecule has 0 aliphatic carbocycles. The number of anilines is 1. The average Bonchev–Trinajstić information content (AvgIpc) is 3.21. The summed E-state index contributed by atoms with van der Waals surface area (Å²) < 4.78 is 40.0. The van der Waals surface area contributed by atoms with E-state index < -0.39 is 17.8 Å². The minimum Gasteiger partial charge on any atom is -0.373 e. The molecule has 32 heavy (non-hydrogen) atoms. The van der Waals surface area contributed by atoms with E-state index in [1.54, 1.807) is 24.3 Å². The number of carbonyl (C=O) groups excluding carboxylic acids is 1. The van der Waals surface area contributed by atoms with Crippen molar-refractivity contribution in [3.05, 3.63) is 53.7 Å². The van der Waals surface area contributed by atoms with Crippen LogP contribution in [0.15, 0.2) is 36.7 Å². The molecule has 8 nitrogen and oxygen atoms in total. The summed E-state index contributed by atoms with van der Waals surface area (Å²) in [6.45, 7) is 0.810. The van der Waals surface area contributed by atoms with Crippen molar-refractivity contribution in [2.45, 2.75) is 24.9 Å². The third kappa shape index (κ3) is 4.41. The van der Waals surface area contributed by atoms with Gasteiger partial charge >= 0.3 is 6.18 Å². The van der Waals surface area contributed by atoms with E-state index in [4.69, 9.17) is 4.98 Å². The van der Waals surface area contributed by atoms with Gasteiger partial charge in [-0.15, -0.1) is 0 Å². The Hall–Kier alpha value is -3.50. The number of nitrogens with one attached hydrogen (secondary N) is 1. The zero-order chi connectivity index (χ0) is 22.9. The molecule has 1 fully saturated rings. The summed E-state index contributed by atoms with van der Waals surface area (Å²) >= 11 is 0. The van der Waals surface area contributed by atoms with Crippen LogP contribution in [0.5, 0.6) is 0 Å². The molecule has 4 heterocycles. The molecular weight excluding hydrogens is 423 g/mol. The topological polar surface area (TPSA) is 88.8 Å². The van der Waals surface area contributed by atoms with Crippen LogP contribution in [0.1, 0.15) is 40.6 Å². The minimum atomic E-state index is -4.60. The zero-order valence-electron chi connectivity index (χ0n) is 17.6. The molecule has 11 heteroatoms. The first kappa shape index (κ1) is 21.7. The molecule has 0 spiro atoms. The summed E-state index contributed by atoms with van der Waals surface area (Å²) in [5, 5.41) is 6.49. The first-order valence-corrected chi connectivity index (χ1v) is 10.1. The van der Waals surface area contributed by atoms with E-state index >= 15 is 0 Å². The van der Waals surface area contributed by atoms with E-state index in [0.29, 0.717) is 31.2 Å². The molecule has 0 saturated carbocycles. The molecule has 1 aliphatic rings. The molecule has 1 unspecified atom stereocenters. The molecule has 0 bridgehead atoms. The first-order valence-electron chi connectivity index (χ1n) is 10.1. The molecule has 3 aromatic heterocycles. The third-order valence-electron chi connectivity index (χ3n) is 5.46. The number of carbonyl (C=O) groups is 1. The van der Waals surface area contributed by atoms with Crippen LogP contribution >= 0.6 is 0 Å². The van der Waals surface area contributed by atoms with E-state index in [0.717, 1.165) is 28.4 Å². The summed E-state index contributed by atoms with van der Waals surface area (Å²) in [5.41, 5.74) is 0.425. The van der Waals surface area contributed by atoms with Gasteiger partial charge in [0.2, 0.25) is 0 Å². The van der Waals surface area contributed by atoms with E-state index in [9.17, 15) is 18.0 Å². The maximum Gasteiger partial charge on any atom is 0.435 e. The molecule has 0 radical (unpaired) electrons. The standard InChI is InChI=1S/C21H22F3N7O/c1-25-18-10-15(27-19(28-18)13-5-7-26-8-6-13)14-4-3-9-31(12-14)20(32)16-11-17(21(22,23)24)29-30(16)2/h5-8,10-11,14H,3-4,9,12H2,1-2H3,(H,25,27,28). The number of aromatic nitrogens is 5. The van der Waals surface area contributed by atoms with Crippen molar-refractivity contribution >= 4 is 11.7 Å². The Morgan fingerprint density at radius 3 is 2.59 bits per heavy atom. The Morgan fingerprint density at radius 2 is 1.94 bits per heavy atom. The Morgan fingerprint density at radius 1 is 1.19 bits per heavy atom. The summed E-state index contributed by atoms with van der Waals surface area (Å²) in [6, 6.07) is 6.28. The van der Waals surface area contributed by atoms with Crippen molar-refractivity contribution in [1.29, 1.82) is 0 Å². The maximum absolute atomic E-state index is 13.0. The van der Waals surface area contributed by atoms with Gasteiger partial charge in [-0.05, 0) is 25.0 Å². The summed E-state index contributed by atoms with van der Waals surface area (Å²) in [4.78, 5) is 27.8. The van der Waals surface area contributed by atoms with Gasteiger partial charge in [0.15, 0.2) is 11.5 Å². The van der Waals surface area contributed by atoms with Crippen molar-refractivity contribution in [1.82, 2.24) is 29.6 Å². The maximum atomic E-state index is 13.0. The van der Waals surface area contributed by atoms with E-state index in [1.165, 1.54) is 7.05 Å². The largest absolute Gasteiger partial charge is 0.435 e. The fraction of sp³-hybridized carbons (Fsp3) is 0.381. The molecule has 1 amide bonds. The van der Waals surface area contributed by atoms with Crippen LogP contribution in [-0.2, 0) is 13.2 Å². The number of pyridine rings is 1. The monoisotopic (exact) mass is 445 g/mol. The predicted octanol–water partition coefficient (Wildman–Crippen LogP) is 3.35. The highest BCUT2D eigenvalue weighted by atomic mass is 19.4. The normalized spacial score (nSPS) is 16.8. The fourth-order valence-corrected chi connectivity index (χ4v) is 3.80. The Kier molecular flexibility index (Phi) is 5.81. The van der Waals surface area contributed by atoms with Gasteiger partial charge in [-0.25, -0.2) is 9.97 Å². The van der Waals surface area contributed by atoms with E-state index in [2.05, 4.69) is 20.4 Å². The lowest BCUT2D eigenvalue weighted by Crippen LogP contribution is -2.40. The second kappa shape index (κ2) is 8.56. The number of rotatable bonds is 4. The number of alkyl halides is 3. The molecule has 1 atom stereocenters. The van der Waals surface area contributed by atoms with Crippen molar-refractivity contribution in [2.75, 3.05) is 25.5 Å². The molecule has 1 N–H and O–H groups in total. The highest BCUT2D eigenvalue weighted by molar-refractivity contribution is 5.92. The van der Waals surface area contributed by atoms with Gasteiger partial charge < -0.3 is 10.2 Å². The molecule has 1 aliphatic heterocycles. The highest BCUT2D eigenvalue weighted by Crippen LogP contribution is 2.31. The van der Waals surface area contributed by atoms with Crippen LogP contribution in [0.4, 0.5) is 19.0 Å². The Balaban J connectivity index is 1.59. The van der Waals surface area contributed by atoms with Crippen LogP contribution < -0.4 is 5.32 Å². The number of nitrogens with zero attached hydrogens (tertiary/aromatic N) is 6. The molecule has 1 saturated heterocycles. The van der Waals surface area contributed by atoms with Gasteiger partial charge in [0.25, 0.3) is 5.91 Å². The van der Waals surface area contributed by atoms with Crippen LogP contribution in [0, 0.1) is 0 Å². The fourth-order valence-electron chi connectivity index (χ4n) is 3.80. The van der Waals surface area contributed by atoms with Crippen molar-refractivity contribution in [3.8, 4) is 11.4 Å². The predicted molar refractivity (Wildman–Crippen MR) is 111 cm³/mol. The van der Waals surface area contributed by atoms with Crippen LogP contribution in [0.25, 0.3) is 11.4 Å². The van der Waals surface area contributed by atoms with Crippen LogP contribution in [0.2, 0.25) is 0 Å². The summed E-state index contributed by atoms with van der Waals surface area (Å²) in [5.74, 6) is 0.641. The minimum absolute atomic E-state index is 0.0706. The van der Waals surface area contributed by atoms with Gasteiger partial charge in [-0.2, -0.15) is 18.3 Å². The number of hydrogen-bond donors (Lipinski definition) is 1. The van der Waals surface area contributed by atoms with Gasteiger partial charge in [0.1, 0.15) is 11.5 Å².